The first kappa shape index (κ1) is 11.1. The first-order valence-electron chi connectivity index (χ1n) is 4.63. The van der Waals surface area contributed by atoms with Crippen LogP contribution in [0.1, 0.15) is 24.2 Å². The smallest absolute Gasteiger partial charge is 0.249 e. The maximum absolute atomic E-state index is 11.1. The Morgan fingerprint density at radius 1 is 1.43 bits per heavy atom. The number of rotatable bonds is 4. The molecule has 3 heteroatoms. The monoisotopic (exact) mass is 209 g/mol. The molecule has 0 aromatic heterocycles. The zero-order chi connectivity index (χ0) is 10.6. The van der Waals surface area contributed by atoms with Crippen LogP contribution in [0.4, 0.5) is 0 Å². The van der Waals surface area contributed by atoms with Crippen molar-refractivity contribution in [2.75, 3.05) is 5.75 Å². The largest absolute Gasteiger partial charge is 0.366 e. The molecule has 0 spiro atoms. The second-order valence-electron chi connectivity index (χ2n) is 3.57. The number of amides is 1. The Bertz CT molecular complexity index is 323. The molecule has 0 radical (unpaired) electrons. The van der Waals surface area contributed by atoms with Gasteiger partial charge in [0.15, 0.2) is 0 Å². The number of hydrogen-bond acceptors (Lipinski definition) is 2. The molecule has 0 aliphatic rings. The van der Waals surface area contributed by atoms with E-state index in [1.165, 1.54) is 0 Å². The van der Waals surface area contributed by atoms with Gasteiger partial charge >= 0.3 is 0 Å². The van der Waals surface area contributed by atoms with Gasteiger partial charge in [0.1, 0.15) is 0 Å². The minimum Gasteiger partial charge on any atom is -0.366 e. The Hall–Kier alpha value is -0.960. The molecule has 14 heavy (non-hydrogen) atoms. The number of carbonyl (C=O) groups is 1. The molecule has 0 unspecified atom stereocenters. The fraction of sp³-hybridized carbons (Fsp3) is 0.364. The Balaban J connectivity index is 2.79. The minimum absolute atomic E-state index is 0.350. The second-order valence-corrected chi connectivity index (χ2v) is 4.63. The molecule has 2 N–H and O–H groups in total. The summed E-state index contributed by atoms with van der Waals surface area (Å²) in [6.45, 7) is 4.31. The summed E-state index contributed by atoms with van der Waals surface area (Å²) in [7, 11) is 0. The third-order valence-corrected chi connectivity index (χ3v) is 3.23. The van der Waals surface area contributed by atoms with Crippen molar-refractivity contribution in [2.45, 2.75) is 18.7 Å². The van der Waals surface area contributed by atoms with Crippen molar-refractivity contribution in [3.8, 4) is 0 Å². The van der Waals surface area contributed by atoms with Gasteiger partial charge in [-0.25, -0.2) is 0 Å². The first-order valence-corrected chi connectivity index (χ1v) is 5.61. The average Bonchev–Trinajstić information content (AvgIpc) is 2.15. The second kappa shape index (κ2) is 5.05. The number of benzene rings is 1. The van der Waals surface area contributed by atoms with Crippen LogP contribution < -0.4 is 5.73 Å². The van der Waals surface area contributed by atoms with Crippen LogP contribution in [0.2, 0.25) is 0 Å². The molecule has 0 fully saturated rings. The molecule has 0 aliphatic carbocycles. The molecule has 1 amide bonds. The number of thioether (sulfide) groups is 1. The van der Waals surface area contributed by atoms with E-state index >= 15 is 0 Å². The van der Waals surface area contributed by atoms with Gasteiger partial charge in [-0.05, 0) is 18.1 Å². The van der Waals surface area contributed by atoms with Crippen molar-refractivity contribution >= 4 is 17.7 Å². The average molecular weight is 209 g/mol. The van der Waals surface area contributed by atoms with Crippen LogP contribution in [0, 0.1) is 5.92 Å². The van der Waals surface area contributed by atoms with Crippen LogP contribution in [-0.4, -0.2) is 11.7 Å². The number of nitrogens with two attached hydrogens (primary N) is 1. The van der Waals surface area contributed by atoms with E-state index in [1.54, 1.807) is 17.8 Å². The highest BCUT2D eigenvalue weighted by atomic mass is 32.2. The van der Waals surface area contributed by atoms with E-state index in [1.807, 2.05) is 18.2 Å². The maximum atomic E-state index is 11.1. The van der Waals surface area contributed by atoms with Crippen LogP contribution in [-0.2, 0) is 0 Å². The van der Waals surface area contributed by atoms with Gasteiger partial charge in [-0.1, -0.05) is 26.0 Å². The van der Waals surface area contributed by atoms with Gasteiger partial charge in [0.25, 0.3) is 0 Å². The predicted octanol–water partition coefficient (Wildman–Crippen LogP) is 2.53. The summed E-state index contributed by atoms with van der Waals surface area (Å²) in [5, 5.41) is 0. The lowest BCUT2D eigenvalue weighted by atomic mass is 10.2. The summed E-state index contributed by atoms with van der Waals surface area (Å²) < 4.78 is 0. The highest BCUT2D eigenvalue weighted by Gasteiger charge is 2.07. The Kier molecular flexibility index (Phi) is 4.01. The first-order chi connectivity index (χ1) is 6.61. The van der Waals surface area contributed by atoms with E-state index in [0.29, 0.717) is 11.5 Å². The molecule has 1 aromatic carbocycles. The van der Waals surface area contributed by atoms with Crippen LogP contribution in [0.3, 0.4) is 0 Å². The van der Waals surface area contributed by atoms with Gasteiger partial charge < -0.3 is 5.73 Å². The summed E-state index contributed by atoms with van der Waals surface area (Å²) in [6.07, 6.45) is 0. The molecule has 0 saturated carbocycles. The van der Waals surface area contributed by atoms with Gasteiger partial charge in [-0.3, -0.25) is 4.79 Å². The van der Waals surface area contributed by atoms with E-state index in [4.69, 9.17) is 5.73 Å². The Morgan fingerprint density at radius 3 is 2.64 bits per heavy atom. The number of carbonyl (C=O) groups excluding carboxylic acids is 1. The van der Waals surface area contributed by atoms with E-state index in [2.05, 4.69) is 13.8 Å². The molecule has 1 aromatic rings. The molecule has 1 rings (SSSR count). The predicted molar refractivity (Wildman–Crippen MR) is 60.5 cm³/mol. The number of primary amides is 1. The lowest BCUT2D eigenvalue weighted by molar-refractivity contribution is 0.0997. The topological polar surface area (TPSA) is 43.1 Å². The van der Waals surface area contributed by atoms with Crippen LogP contribution >= 0.6 is 11.8 Å². The van der Waals surface area contributed by atoms with Gasteiger partial charge in [-0.2, -0.15) is 0 Å². The normalized spacial score (nSPS) is 10.5. The molecule has 2 nitrogen and oxygen atoms in total. The van der Waals surface area contributed by atoms with Crippen molar-refractivity contribution < 1.29 is 4.79 Å². The van der Waals surface area contributed by atoms with Crippen molar-refractivity contribution in [1.29, 1.82) is 0 Å². The van der Waals surface area contributed by atoms with Gasteiger partial charge in [-0.15, -0.1) is 11.8 Å². The van der Waals surface area contributed by atoms with Crippen LogP contribution in [0.15, 0.2) is 29.2 Å². The quantitative estimate of drug-likeness (QED) is 0.774. The van der Waals surface area contributed by atoms with Crippen molar-refractivity contribution in [2.24, 2.45) is 11.7 Å². The summed E-state index contributed by atoms with van der Waals surface area (Å²) in [4.78, 5) is 12.1. The van der Waals surface area contributed by atoms with Crippen molar-refractivity contribution in [1.82, 2.24) is 0 Å². The molecule has 0 saturated heterocycles. The van der Waals surface area contributed by atoms with Crippen molar-refractivity contribution in [3.63, 3.8) is 0 Å². The minimum atomic E-state index is -0.350. The SMILES string of the molecule is CC(C)CSc1ccccc1C(N)=O. The molecule has 0 bridgehead atoms. The van der Waals surface area contributed by atoms with Crippen LogP contribution in [0.5, 0.6) is 0 Å². The Labute approximate surface area is 88.9 Å². The molecule has 76 valence electrons. The summed E-state index contributed by atoms with van der Waals surface area (Å²) in [5.41, 5.74) is 5.89. The highest BCUT2D eigenvalue weighted by molar-refractivity contribution is 7.99. The van der Waals surface area contributed by atoms with E-state index in [-0.39, 0.29) is 5.91 Å². The van der Waals surface area contributed by atoms with Gasteiger partial charge in [0.05, 0.1) is 5.56 Å². The summed E-state index contributed by atoms with van der Waals surface area (Å²) in [5.74, 6) is 1.27. The highest BCUT2D eigenvalue weighted by Crippen LogP contribution is 2.24. The van der Waals surface area contributed by atoms with E-state index in [9.17, 15) is 4.79 Å². The summed E-state index contributed by atoms with van der Waals surface area (Å²) >= 11 is 1.68. The van der Waals surface area contributed by atoms with Crippen molar-refractivity contribution in [3.05, 3.63) is 29.8 Å². The zero-order valence-electron chi connectivity index (χ0n) is 8.49. The van der Waals surface area contributed by atoms with E-state index in [0.717, 1.165) is 10.6 Å². The lowest BCUT2D eigenvalue weighted by Gasteiger charge is -2.07. The fourth-order valence-corrected chi connectivity index (χ4v) is 2.06. The Morgan fingerprint density at radius 2 is 2.07 bits per heavy atom. The molecule has 0 atom stereocenters. The lowest BCUT2D eigenvalue weighted by Crippen LogP contribution is -2.12. The third-order valence-electron chi connectivity index (χ3n) is 1.72. The number of hydrogen-bond donors (Lipinski definition) is 1. The standard InChI is InChI=1S/C11H15NOS/c1-8(2)7-14-10-6-4-3-5-9(10)11(12)13/h3-6,8H,7H2,1-2H3,(H2,12,13). The molecule has 0 aliphatic heterocycles. The fourth-order valence-electron chi connectivity index (χ4n) is 1.05. The molecule has 0 heterocycles. The third kappa shape index (κ3) is 3.07. The zero-order valence-corrected chi connectivity index (χ0v) is 9.30. The molecular weight excluding hydrogens is 194 g/mol. The van der Waals surface area contributed by atoms with Gasteiger partial charge in [0.2, 0.25) is 5.91 Å². The maximum Gasteiger partial charge on any atom is 0.249 e. The van der Waals surface area contributed by atoms with E-state index < -0.39 is 0 Å². The molecular formula is C11H15NOS. The van der Waals surface area contributed by atoms with Crippen LogP contribution in [0.25, 0.3) is 0 Å². The summed E-state index contributed by atoms with van der Waals surface area (Å²) in [6, 6.07) is 7.47. The van der Waals surface area contributed by atoms with Gasteiger partial charge in [0, 0.05) is 10.6 Å².